The van der Waals surface area contributed by atoms with Crippen molar-refractivity contribution in [1.29, 1.82) is 0 Å². The number of amides is 2. The van der Waals surface area contributed by atoms with Crippen LogP contribution in [0.1, 0.15) is 36.5 Å². The van der Waals surface area contributed by atoms with Crippen LogP contribution in [0, 0.1) is 13.8 Å². The van der Waals surface area contributed by atoms with Crippen molar-refractivity contribution >= 4 is 18.0 Å². The molecule has 0 unspecified atom stereocenters. The summed E-state index contributed by atoms with van der Waals surface area (Å²) in [5.41, 5.74) is 3.89. The molecule has 1 fully saturated rings. The minimum absolute atomic E-state index is 0.0482. The molecule has 2 amide bonds. The Bertz CT molecular complexity index is 750. The molecule has 0 bridgehead atoms. The number of ether oxygens (including phenoxy) is 1. The average molecular weight is 432 g/mol. The molecule has 1 aromatic carbocycles. The summed E-state index contributed by atoms with van der Waals surface area (Å²) in [6.45, 7) is 8.55. The second-order valence-electron chi connectivity index (χ2n) is 8.10. The van der Waals surface area contributed by atoms with Crippen molar-refractivity contribution in [3.63, 3.8) is 0 Å². The summed E-state index contributed by atoms with van der Waals surface area (Å²) in [7, 11) is 3.45. The number of nitrogens with zero attached hydrogens (tertiary/aromatic N) is 3. The lowest BCUT2D eigenvalue weighted by atomic mass is 10.0. The fraction of sp³-hybridized carbons (Fsp3) is 0.609. The van der Waals surface area contributed by atoms with Crippen molar-refractivity contribution in [3.05, 3.63) is 34.9 Å². The van der Waals surface area contributed by atoms with Crippen LogP contribution in [-0.2, 0) is 16.0 Å². The molecule has 1 aliphatic heterocycles. The van der Waals surface area contributed by atoms with Crippen LogP contribution in [0.4, 0.5) is 4.79 Å². The van der Waals surface area contributed by atoms with Crippen LogP contribution < -0.4 is 10.6 Å². The number of nitrogens with one attached hydrogen (secondary N) is 2. The van der Waals surface area contributed by atoms with Gasteiger partial charge < -0.3 is 25.2 Å². The van der Waals surface area contributed by atoms with Crippen LogP contribution in [0.2, 0.25) is 0 Å². The maximum atomic E-state index is 12.0. The standard InChI is InChI=1S/C23H37N5O3/c1-6-31-23(30)28-14-11-19(12-15-28)26-22(25-16-21(29)27(4)5)24-13-10-20-17(2)8-7-9-18(20)3/h7-9,19H,6,10-16H2,1-5H3,(H2,24,25,26). The first-order chi connectivity index (χ1) is 14.8. The highest BCUT2D eigenvalue weighted by Gasteiger charge is 2.24. The number of carbonyl (C=O) groups is 2. The van der Waals surface area contributed by atoms with E-state index in [0.29, 0.717) is 25.7 Å². The summed E-state index contributed by atoms with van der Waals surface area (Å²) in [4.78, 5) is 31.7. The van der Waals surface area contributed by atoms with Crippen molar-refractivity contribution in [3.8, 4) is 0 Å². The molecule has 8 heteroatoms. The van der Waals surface area contributed by atoms with Crippen molar-refractivity contribution < 1.29 is 14.3 Å². The number of carbonyl (C=O) groups excluding carboxylic acids is 2. The van der Waals surface area contributed by atoms with E-state index in [1.807, 2.05) is 6.92 Å². The zero-order valence-corrected chi connectivity index (χ0v) is 19.5. The summed E-state index contributed by atoms with van der Waals surface area (Å²) in [5, 5.41) is 6.83. The summed E-state index contributed by atoms with van der Waals surface area (Å²) in [5.74, 6) is 0.587. The van der Waals surface area contributed by atoms with Gasteiger partial charge in [-0.25, -0.2) is 9.79 Å². The lowest BCUT2D eigenvalue weighted by Crippen LogP contribution is -2.50. The molecule has 31 heavy (non-hydrogen) atoms. The first-order valence-corrected chi connectivity index (χ1v) is 11.0. The Morgan fingerprint density at radius 2 is 1.84 bits per heavy atom. The third-order valence-electron chi connectivity index (χ3n) is 5.54. The van der Waals surface area contributed by atoms with E-state index in [2.05, 4.69) is 47.7 Å². The van der Waals surface area contributed by atoms with Crippen molar-refractivity contribution in [2.24, 2.45) is 4.99 Å². The summed E-state index contributed by atoms with van der Waals surface area (Å²) < 4.78 is 5.09. The third-order valence-corrected chi connectivity index (χ3v) is 5.54. The number of likely N-dealkylation sites (N-methyl/N-ethyl adjacent to an activating group) is 1. The molecular formula is C23H37N5O3. The molecule has 1 aromatic rings. The number of hydrogen-bond donors (Lipinski definition) is 2. The zero-order chi connectivity index (χ0) is 22.8. The number of hydrogen-bond acceptors (Lipinski definition) is 4. The Morgan fingerprint density at radius 1 is 1.19 bits per heavy atom. The number of benzene rings is 1. The minimum Gasteiger partial charge on any atom is -0.450 e. The van der Waals surface area contributed by atoms with Gasteiger partial charge in [-0.15, -0.1) is 0 Å². The SMILES string of the molecule is CCOC(=O)N1CCC(NC(=NCC(=O)N(C)C)NCCc2c(C)cccc2C)CC1. The molecule has 0 radical (unpaired) electrons. The molecule has 2 N–H and O–H groups in total. The number of rotatable bonds is 7. The largest absolute Gasteiger partial charge is 0.450 e. The van der Waals surface area contributed by atoms with Gasteiger partial charge in [-0.05, 0) is 56.7 Å². The quantitative estimate of drug-likeness (QED) is 0.510. The lowest BCUT2D eigenvalue weighted by Gasteiger charge is -2.32. The lowest BCUT2D eigenvalue weighted by molar-refractivity contribution is -0.127. The number of aliphatic imine (C=N–C) groups is 1. The van der Waals surface area contributed by atoms with E-state index < -0.39 is 0 Å². The van der Waals surface area contributed by atoms with Gasteiger partial charge >= 0.3 is 6.09 Å². The predicted molar refractivity (Wildman–Crippen MR) is 123 cm³/mol. The molecule has 0 spiro atoms. The van der Waals surface area contributed by atoms with Crippen LogP contribution >= 0.6 is 0 Å². The Labute approximate surface area is 186 Å². The first kappa shape index (κ1) is 24.5. The Hall–Kier alpha value is -2.77. The monoisotopic (exact) mass is 431 g/mol. The van der Waals surface area contributed by atoms with Crippen molar-refractivity contribution in [2.45, 2.75) is 46.1 Å². The Kier molecular flexibility index (Phi) is 9.62. The van der Waals surface area contributed by atoms with Gasteiger partial charge in [0.2, 0.25) is 5.91 Å². The molecule has 0 atom stereocenters. The number of guanidine groups is 1. The molecule has 0 aromatic heterocycles. The summed E-state index contributed by atoms with van der Waals surface area (Å²) >= 11 is 0. The van der Waals surface area contributed by atoms with E-state index in [-0.39, 0.29) is 24.6 Å². The van der Waals surface area contributed by atoms with Gasteiger partial charge in [0, 0.05) is 39.8 Å². The number of likely N-dealkylation sites (tertiary alicyclic amines) is 1. The smallest absolute Gasteiger partial charge is 0.409 e. The van der Waals surface area contributed by atoms with Crippen LogP contribution in [0.25, 0.3) is 0 Å². The van der Waals surface area contributed by atoms with Gasteiger partial charge in [0.25, 0.3) is 0 Å². The molecule has 172 valence electrons. The molecule has 0 aliphatic carbocycles. The van der Waals surface area contributed by atoms with E-state index >= 15 is 0 Å². The topological polar surface area (TPSA) is 86.3 Å². The minimum atomic E-state index is -0.252. The van der Waals surface area contributed by atoms with Gasteiger partial charge in [-0.2, -0.15) is 0 Å². The highest BCUT2D eigenvalue weighted by Crippen LogP contribution is 2.14. The summed E-state index contributed by atoms with van der Waals surface area (Å²) in [6, 6.07) is 6.52. The van der Waals surface area contributed by atoms with Gasteiger partial charge in [-0.3, -0.25) is 4.79 Å². The van der Waals surface area contributed by atoms with Gasteiger partial charge in [0.1, 0.15) is 6.54 Å². The highest BCUT2D eigenvalue weighted by atomic mass is 16.6. The van der Waals surface area contributed by atoms with Crippen LogP contribution in [0.5, 0.6) is 0 Å². The summed E-state index contributed by atoms with van der Waals surface area (Å²) in [6.07, 6.45) is 2.23. The normalized spacial score (nSPS) is 14.9. The average Bonchev–Trinajstić information content (AvgIpc) is 2.74. The molecule has 8 nitrogen and oxygen atoms in total. The first-order valence-electron chi connectivity index (χ1n) is 11.0. The van der Waals surface area contributed by atoms with E-state index in [4.69, 9.17) is 4.74 Å². The van der Waals surface area contributed by atoms with E-state index in [1.54, 1.807) is 19.0 Å². The number of piperidine rings is 1. The molecular weight excluding hydrogens is 394 g/mol. The fourth-order valence-electron chi connectivity index (χ4n) is 3.60. The highest BCUT2D eigenvalue weighted by molar-refractivity contribution is 5.85. The second-order valence-corrected chi connectivity index (χ2v) is 8.10. The molecule has 0 saturated carbocycles. The maximum Gasteiger partial charge on any atom is 0.409 e. The van der Waals surface area contributed by atoms with E-state index in [1.165, 1.54) is 21.6 Å². The zero-order valence-electron chi connectivity index (χ0n) is 19.5. The van der Waals surface area contributed by atoms with Crippen LogP contribution in [0.15, 0.2) is 23.2 Å². The molecule has 1 saturated heterocycles. The molecule has 1 heterocycles. The van der Waals surface area contributed by atoms with Crippen molar-refractivity contribution in [2.75, 3.05) is 46.9 Å². The van der Waals surface area contributed by atoms with Gasteiger partial charge in [0.15, 0.2) is 5.96 Å². The number of aryl methyl sites for hydroxylation is 2. The van der Waals surface area contributed by atoms with Crippen LogP contribution in [-0.4, -0.2) is 80.7 Å². The van der Waals surface area contributed by atoms with E-state index in [9.17, 15) is 9.59 Å². The third kappa shape index (κ3) is 7.77. The maximum absolute atomic E-state index is 12.0. The Morgan fingerprint density at radius 3 is 2.42 bits per heavy atom. The van der Waals surface area contributed by atoms with Crippen molar-refractivity contribution in [1.82, 2.24) is 20.4 Å². The predicted octanol–water partition coefficient (Wildman–Crippen LogP) is 2.09. The van der Waals surface area contributed by atoms with Crippen LogP contribution in [0.3, 0.4) is 0 Å². The molecule has 1 aliphatic rings. The van der Waals surface area contributed by atoms with Gasteiger partial charge in [-0.1, -0.05) is 18.2 Å². The van der Waals surface area contributed by atoms with E-state index in [0.717, 1.165) is 25.8 Å². The van der Waals surface area contributed by atoms with Gasteiger partial charge in [0.05, 0.1) is 6.61 Å². The molecule has 2 rings (SSSR count). The fourth-order valence-corrected chi connectivity index (χ4v) is 3.60. The Balaban J connectivity index is 1.95. The second kappa shape index (κ2) is 12.2.